The highest BCUT2D eigenvalue weighted by atomic mass is 32.2. The standard InChI is InChI=1S/C33H49F5N2O4S2/c1-23-10-13-29-30-24(21-25-22-26(44-46(39,42)43)11-12-27(25)28(30)14-16-31(23,29)2)9-5-4-6-17-40(3)18-8-20-45(41)19-7-15-32(34,35)33(36,37)38/h11-12,22,24,28-30H,1,4-10,13-21H2,2-3H3,(H2,39,42,43)/t24-,28?,29?,30?,31-,45?/m1/s1. The number of alkyl halides is 5. The van der Waals surface area contributed by atoms with Crippen LogP contribution in [0.25, 0.3) is 0 Å². The number of rotatable bonds is 16. The molecule has 2 fully saturated rings. The highest BCUT2D eigenvalue weighted by Crippen LogP contribution is 2.64. The third-order valence-electron chi connectivity index (χ3n) is 10.8. The van der Waals surface area contributed by atoms with Gasteiger partial charge in [-0.2, -0.15) is 35.5 Å². The fourth-order valence-electron chi connectivity index (χ4n) is 8.41. The lowest BCUT2D eigenvalue weighted by Gasteiger charge is -2.52. The summed E-state index contributed by atoms with van der Waals surface area (Å²) in [5.41, 5.74) is 4.02. The van der Waals surface area contributed by atoms with Gasteiger partial charge in [-0.3, -0.25) is 4.21 Å². The molecule has 6 nitrogen and oxygen atoms in total. The SMILES string of the molecule is C=C1CCC2C3C(CC[C@]12C)c1ccc(OS(N)(=O)=O)cc1C[C@H]3CCCCCN(C)CCCS(=O)CCCC(F)(F)C(F)(F)F. The van der Waals surface area contributed by atoms with Crippen LogP contribution in [-0.4, -0.2) is 61.3 Å². The minimum atomic E-state index is -5.57. The molecule has 0 aliphatic heterocycles. The second kappa shape index (κ2) is 14.9. The summed E-state index contributed by atoms with van der Waals surface area (Å²) >= 11 is 0. The molecule has 0 saturated heterocycles. The Morgan fingerprint density at radius 1 is 1.07 bits per heavy atom. The van der Waals surface area contributed by atoms with Crippen molar-refractivity contribution in [1.29, 1.82) is 0 Å². The Morgan fingerprint density at radius 2 is 1.76 bits per heavy atom. The van der Waals surface area contributed by atoms with Gasteiger partial charge in [0.25, 0.3) is 0 Å². The van der Waals surface area contributed by atoms with E-state index in [-0.39, 0.29) is 22.7 Å². The van der Waals surface area contributed by atoms with Crippen LogP contribution >= 0.6 is 0 Å². The van der Waals surface area contributed by atoms with Crippen LogP contribution in [0.2, 0.25) is 0 Å². The second-order valence-corrected chi connectivity index (χ2v) is 16.8. The normalized spacial score (nSPS) is 27.3. The first-order valence-corrected chi connectivity index (χ1v) is 19.4. The van der Waals surface area contributed by atoms with E-state index in [0.717, 1.165) is 63.5 Å². The monoisotopic (exact) mass is 696 g/mol. The molecule has 6 atom stereocenters. The average Bonchev–Trinajstić information content (AvgIpc) is 3.24. The predicted molar refractivity (Wildman–Crippen MR) is 172 cm³/mol. The molecular formula is C33H49F5N2O4S2. The lowest BCUT2D eigenvalue weighted by Crippen LogP contribution is -2.44. The summed E-state index contributed by atoms with van der Waals surface area (Å²) in [6.07, 6.45) is 2.79. The van der Waals surface area contributed by atoms with Crippen molar-refractivity contribution in [1.82, 2.24) is 4.90 Å². The maximum Gasteiger partial charge on any atom is 0.453 e. The highest BCUT2D eigenvalue weighted by molar-refractivity contribution is 7.85. The molecule has 0 amide bonds. The fourth-order valence-corrected chi connectivity index (χ4v) is 9.91. The first-order chi connectivity index (χ1) is 21.4. The van der Waals surface area contributed by atoms with Crippen molar-refractivity contribution in [2.24, 2.45) is 28.3 Å². The van der Waals surface area contributed by atoms with Crippen molar-refractivity contribution in [3.63, 3.8) is 0 Å². The van der Waals surface area contributed by atoms with Gasteiger partial charge in [-0.25, -0.2) is 0 Å². The van der Waals surface area contributed by atoms with Crippen LogP contribution in [0.4, 0.5) is 22.0 Å². The van der Waals surface area contributed by atoms with Crippen molar-refractivity contribution in [2.45, 2.75) is 102 Å². The van der Waals surface area contributed by atoms with Gasteiger partial charge in [0.15, 0.2) is 0 Å². The van der Waals surface area contributed by atoms with E-state index in [9.17, 15) is 34.6 Å². The van der Waals surface area contributed by atoms with Gasteiger partial charge in [0.05, 0.1) is 0 Å². The average molecular weight is 697 g/mol. The lowest BCUT2D eigenvalue weighted by atomic mass is 9.52. The molecule has 3 aliphatic carbocycles. The first kappa shape index (κ1) is 37.3. The molecule has 0 aromatic heterocycles. The number of halogens is 5. The van der Waals surface area contributed by atoms with Gasteiger partial charge in [-0.1, -0.05) is 38.0 Å². The minimum Gasteiger partial charge on any atom is -0.371 e. The van der Waals surface area contributed by atoms with E-state index in [1.165, 1.54) is 17.6 Å². The third kappa shape index (κ3) is 9.11. The molecule has 262 valence electrons. The molecule has 2 saturated carbocycles. The van der Waals surface area contributed by atoms with E-state index in [1.54, 1.807) is 6.07 Å². The van der Waals surface area contributed by atoms with Crippen molar-refractivity contribution >= 4 is 21.1 Å². The smallest absolute Gasteiger partial charge is 0.371 e. The molecule has 46 heavy (non-hydrogen) atoms. The van der Waals surface area contributed by atoms with Gasteiger partial charge in [0.2, 0.25) is 0 Å². The summed E-state index contributed by atoms with van der Waals surface area (Å²) in [5, 5.41) is 5.13. The molecule has 4 rings (SSSR count). The number of benzene rings is 1. The number of unbranched alkanes of at least 4 members (excludes halogenated alkanes) is 2. The van der Waals surface area contributed by atoms with Crippen molar-refractivity contribution in [3.8, 4) is 5.75 Å². The fraction of sp³-hybridized carbons (Fsp3) is 0.758. The summed E-state index contributed by atoms with van der Waals surface area (Å²) in [4.78, 5) is 2.14. The van der Waals surface area contributed by atoms with Crippen LogP contribution in [0, 0.1) is 23.2 Å². The van der Waals surface area contributed by atoms with Gasteiger partial charge in [0, 0.05) is 28.7 Å². The molecular weight excluding hydrogens is 647 g/mol. The van der Waals surface area contributed by atoms with Gasteiger partial charge < -0.3 is 9.08 Å². The van der Waals surface area contributed by atoms with E-state index in [0.29, 0.717) is 36.6 Å². The first-order valence-electron chi connectivity index (χ1n) is 16.4. The number of hydrogen-bond donors (Lipinski definition) is 1. The van der Waals surface area contributed by atoms with E-state index < -0.39 is 46.0 Å². The van der Waals surface area contributed by atoms with Crippen LogP contribution in [0.5, 0.6) is 5.75 Å². The lowest BCUT2D eigenvalue weighted by molar-refractivity contribution is -0.284. The summed E-state index contributed by atoms with van der Waals surface area (Å²) in [7, 11) is -3.55. The van der Waals surface area contributed by atoms with Crippen LogP contribution < -0.4 is 9.32 Å². The largest absolute Gasteiger partial charge is 0.453 e. The Bertz CT molecular complexity index is 1360. The Labute approximate surface area is 273 Å². The number of nitrogens with two attached hydrogens (primary N) is 1. The molecule has 1 aromatic carbocycles. The second-order valence-electron chi connectivity index (χ2n) is 13.9. The van der Waals surface area contributed by atoms with Gasteiger partial charge in [-0.15, -0.1) is 0 Å². The van der Waals surface area contributed by atoms with Crippen LogP contribution in [0.3, 0.4) is 0 Å². The van der Waals surface area contributed by atoms with Crippen molar-refractivity contribution in [3.05, 3.63) is 41.5 Å². The van der Waals surface area contributed by atoms with Crippen molar-refractivity contribution < 1.29 is 38.8 Å². The predicted octanol–water partition coefficient (Wildman–Crippen LogP) is 7.52. The number of hydrogen-bond acceptors (Lipinski definition) is 5. The Kier molecular flexibility index (Phi) is 12.1. The van der Waals surface area contributed by atoms with Crippen molar-refractivity contribution in [2.75, 3.05) is 31.6 Å². The van der Waals surface area contributed by atoms with E-state index in [4.69, 9.17) is 9.32 Å². The summed E-state index contributed by atoms with van der Waals surface area (Å²) in [6, 6.07) is 5.61. The van der Waals surface area contributed by atoms with Crippen LogP contribution in [0.1, 0.15) is 94.6 Å². The molecule has 0 spiro atoms. The van der Waals surface area contributed by atoms with Gasteiger partial charge in [0.1, 0.15) is 5.75 Å². The number of nitrogens with zero attached hydrogens (tertiary/aromatic N) is 1. The van der Waals surface area contributed by atoms with Crippen LogP contribution in [-0.2, 0) is 27.5 Å². The molecule has 0 heterocycles. The molecule has 2 N–H and O–H groups in total. The van der Waals surface area contributed by atoms with E-state index in [1.807, 2.05) is 19.2 Å². The van der Waals surface area contributed by atoms with E-state index in [2.05, 4.69) is 18.4 Å². The highest BCUT2D eigenvalue weighted by Gasteiger charge is 2.56. The topological polar surface area (TPSA) is 89.7 Å². The maximum absolute atomic E-state index is 13.0. The third-order valence-corrected chi connectivity index (χ3v) is 12.8. The summed E-state index contributed by atoms with van der Waals surface area (Å²) < 4.78 is 103. The molecule has 0 bridgehead atoms. The number of allylic oxidation sites excluding steroid dienone is 1. The summed E-state index contributed by atoms with van der Waals surface area (Å²) in [6.45, 7) is 8.40. The van der Waals surface area contributed by atoms with Gasteiger partial charge in [-0.05, 0) is 130 Å². The minimum absolute atomic E-state index is 0.155. The molecule has 0 radical (unpaired) electrons. The molecule has 1 aromatic rings. The molecule has 4 unspecified atom stereocenters. The zero-order chi connectivity index (χ0) is 33.9. The Morgan fingerprint density at radius 3 is 2.46 bits per heavy atom. The maximum atomic E-state index is 13.0. The van der Waals surface area contributed by atoms with Gasteiger partial charge >= 0.3 is 22.4 Å². The quantitative estimate of drug-likeness (QED) is 0.110. The zero-order valence-corrected chi connectivity index (χ0v) is 28.6. The zero-order valence-electron chi connectivity index (χ0n) is 26.9. The Balaban J connectivity index is 1.25. The van der Waals surface area contributed by atoms with E-state index >= 15 is 0 Å². The molecule has 13 heteroatoms. The van der Waals surface area contributed by atoms with Crippen LogP contribution in [0.15, 0.2) is 30.4 Å². The summed E-state index contributed by atoms with van der Waals surface area (Å²) in [5.74, 6) is -2.31. The Hall–Kier alpha value is -1.57. The number of fused-ring (bicyclic) bond motifs is 5. The molecule has 3 aliphatic rings.